The van der Waals surface area contributed by atoms with Crippen molar-refractivity contribution in [1.82, 2.24) is 0 Å². The van der Waals surface area contributed by atoms with Crippen LogP contribution in [0.5, 0.6) is 0 Å². The molecule has 12 heavy (non-hydrogen) atoms. The molecule has 0 aliphatic heterocycles. The summed E-state index contributed by atoms with van der Waals surface area (Å²) < 4.78 is 0. The molecule has 0 saturated heterocycles. The van der Waals surface area contributed by atoms with E-state index >= 15 is 0 Å². The minimum absolute atomic E-state index is 0. The molecule has 0 aliphatic carbocycles. The molecule has 0 atom stereocenters. The standard InChI is InChI=1S/C8H17NO2.Na.H/c1-2-3-4-5-6-7-8-11-9-10;;/h2-8H2,1H3;;/q;+1;-1. The van der Waals surface area contributed by atoms with Crippen molar-refractivity contribution in [3.05, 3.63) is 4.91 Å². The molecule has 0 rings (SSSR count). The Kier molecular flexibility index (Phi) is 17.3. The number of nitrogens with zero attached hydrogens (tertiary/aromatic N) is 1. The summed E-state index contributed by atoms with van der Waals surface area (Å²) in [6.07, 6.45) is 7.23. The molecule has 0 aliphatic rings. The van der Waals surface area contributed by atoms with Gasteiger partial charge in [0.1, 0.15) is 6.61 Å². The summed E-state index contributed by atoms with van der Waals surface area (Å²) in [4.78, 5) is 13.8. The van der Waals surface area contributed by atoms with Crippen LogP contribution in [0.1, 0.15) is 46.9 Å². The zero-order chi connectivity index (χ0) is 8.36. The van der Waals surface area contributed by atoms with Crippen LogP contribution in [-0.4, -0.2) is 6.61 Å². The van der Waals surface area contributed by atoms with Crippen molar-refractivity contribution >= 4 is 0 Å². The summed E-state index contributed by atoms with van der Waals surface area (Å²) in [5, 5.41) is 2.32. The van der Waals surface area contributed by atoms with Gasteiger partial charge in [-0.2, -0.15) is 0 Å². The summed E-state index contributed by atoms with van der Waals surface area (Å²) >= 11 is 0. The SMILES string of the molecule is CCCCCCCCON=O.[H-].[Na+]. The van der Waals surface area contributed by atoms with E-state index in [0.29, 0.717) is 6.61 Å². The first-order valence-corrected chi connectivity index (χ1v) is 4.36. The summed E-state index contributed by atoms with van der Waals surface area (Å²) in [5.74, 6) is 0. The van der Waals surface area contributed by atoms with E-state index < -0.39 is 0 Å². The van der Waals surface area contributed by atoms with E-state index in [1.54, 1.807) is 0 Å². The fourth-order valence-electron chi connectivity index (χ4n) is 0.984. The number of hydrogen-bond donors (Lipinski definition) is 0. The van der Waals surface area contributed by atoms with E-state index in [4.69, 9.17) is 0 Å². The zero-order valence-corrected chi connectivity index (χ0v) is 10.2. The van der Waals surface area contributed by atoms with Crippen molar-refractivity contribution in [2.75, 3.05) is 6.61 Å². The zero-order valence-electron chi connectivity index (χ0n) is 9.21. The van der Waals surface area contributed by atoms with Gasteiger partial charge in [0.2, 0.25) is 0 Å². The third-order valence-electron chi connectivity index (χ3n) is 1.64. The first-order valence-electron chi connectivity index (χ1n) is 4.36. The molecule has 0 N–H and O–H groups in total. The molecule has 0 aromatic rings. The molecular formula is C8H18NNaO2. The summed E-state index contributed by atoms with van der Waals surface area (Å²) in [5.41, 5.74) is 0. The average Bonchev–Trinajstić information content (AvgIpc) is 2.03. The molecule has 0 bridgehead atoms. The van der Waals surface area contributed by atoms with E-state index in [-0.39, 0.29) is 31.0 Å². The third-order valence-corrected chi connectivity index (χ3v) is 1.64. The van der Waals surface area contributed by atoms with Crippen molar-refractivity contribution in [2.24, 2.45) is 5.34 Å². The van der Waals surface area contributed by atoms with Crippen LogP contribution >= 0.6 is 0 Å². The van der Waals surface area contributed by atoms with Crippen LogP contribution in [0.15, 0.2) is 5.34 Å². The molecule has 0 aromatic heterocycles. The van der Waals surface area contributed by atoms with Crippen molar-refractivity contribution in [3.8, 4) is 0 Å². The quantitative estimate of drug-likeness (QED) is 0.233. The Hall–Kier alpha value is 0.400. The van der Waals surface area contributed by atoms with Gasteiger partial charge in [-0.25, -0.2) is 0 Å². The Labute approximate surface area is 98.0 Å². The van der Waals surface area contributed by atoms with Crippen molar-refractivity contribution in [1.29, 1.82) is 0 Å². The molecule has 68 valence electrons. The van der Waals surface area contributed by atoms with Crippen molar-refractivity contribution in [2.45, 2.75) is 45.4 Å². The predicted molar refractivity (Wildman–Crippen MR) is 46.2 cm³/mol. The molecule has 0 amide bonds. The molecule has 0 fully saturated rings. The Morgan fingerprint density at radius 3 is 2.33 bits per heavy atom. The van der Waals surface area contributed by atoms with Gasteiger partial charge in [0.05, 0.1) is 0 Å². The first-order chi connectivity index (χ1) is 5.41. The van der Waals surface area contributed by atoms with Crippen LogP contribution in [0.2, 0.25) is 0 Å². The Bertz CT molecular complexity index is 96.2. The van der Waals surface area contributed by atoms with E-state index in [9.17, 15) is 4.91 Å². The van der Waals surface area contributed by atoms with Gasteiger partial charge in [-0.15, -0.1) is 4.91 Å². The second-order valence-corrected chi connectivity index (χ2v) is 2.68. The van der Waals surface area contributed by atoms with Gasteiger partial charge in [0.25, 0.3) is 0 Å². The van der Waals surface area contributed by atoms with Crippen LogP contribution in [-0.2, 0) is 4.84 Å². The summed E-state index contributed by atoms with van der Waals surface area (Å²) in [6.45, 7) is 2.68. The molecule has 0 radical (unpaired) electrons. The molecule has 0 unspecified atom stereocenters. The third kappa shape index (κ3) is 13.0. The van der Waals surface area contributed by atoms with E-state index in [1.807, 2.05) is 0 Å². The van der Waals surface area contributed by atoms with Crippen LogP contribution in [0, 0.1) is 4.91 Å². The summed E-state index contributed by atoms with van der Waals surface area (Å²) in [7, 11) is 0. The van der Waals surface area contributed by atoms with E-state index in [2.05, 4.69) is 17.1 Å². The maximum atomic E-state index is 9.47. The van der Waals surface area contributed by atoms with Crippen LogP contribution in [0.25, 0.3) is 0 Å². The molecular weight excluding hydrogens is 165 g/mol. The van der Waals surface area contributed by atoms with Crippen molar-refractivity contribution < 1.29 is 35.8 Å². The second-order valence-electron chi connectivity index (χ2n) is 2.68. The first kappa shape index (κ1) is 14.9. The van der Waals surface area contributed by atoms with Gasteiger partial charge >= 0.3 is 29.6 Å². The maximum Gasteiger partial charge on any atom is 1.00 e. The van der Waals surface area contributed by atoms with E-state index in [0.717, 1.165) is 12.8 Å². The number of hydrogen-bond acceptors (Lipinski definition) is 3. The van der Waals surface area contributed by atoms with Crippen LogP contribution < -0.4 is 29.6 Å². The summed E-state index contributed by atoms with van der Waals surface area (Å²) in [6, 6.07) is 0. The molecule has 0 aromatic carbocycles. The molecule has 4 heteroatoms. The topological polar surface area (TPSA) is 38.7 Å². The van der Waals surface area contributed by atoms with Gasteiger partial charge in [-0.05, 0) is 12.8 Å². The fourth-order valence-corrected chi connectivity index (χ4v) is 0.984. The molecule has 0 spiro atoms. The van der Waals surface area contributed by atoms with Crippen molar-refractivity contribution in [3.63, 3.8) is 0 Å². The number of rotatable bonds is 8. The fraction of sp³-hybridized carbons (Fsp3) is 1.00. The Morgan fingerprint density at radius 1 is 1.17 bits per heavy atom. The smallest absolute Gasteiger partial charge is 1.00 e. The monoisotopic (exact) mass is 183 g/mol. The largest absolute Gasteiger partial charge is 1.00 e. The molecule has 0 heterocycles. The Morgan fingerprint density at radius 2 is 1.75 bits per heavy atom. The Balaban J connectivity index is -0.000000500. The van der Waals surface area contributed by atoms with Gasteiger partial charge in [-0.3, -0.25) is 0 Å². The molecule has 0 saturated carbocycles. The minimum Gasteiger partial charge on any atom is -1.00 e. The maximum absolute atomic E-state index is 9.47. The van der Waals surface area contributed by atoms with E-state index in [1.165, 1.54) is 25.7 Å². The second kappa shape index (κ2) is 14.0. The molecule has 3 nitrogen and oxygen atoms in total. The van der Waals surface area contributed by atoms with Crippen LogP contribution in [0.4, 0.5) is 0 Å². The van der Waals surface area contributed by atoms with Gasteiger partial charge < -0.3 is 6.26 Å². The van der Waals surface area contributed by atoms with Crippen LogP contribution in [0.3, 0.4) is 0 Å². The van der Waals surface area contributed by atoms with Gasteiger partial charge in [0, 0.05) is 0 Å². The minimum atomic E-state index is 0. The van der Waals surface area contributed by atoms with Gasteiger partial charge in [0.15, 0.2) is 5.34 Å². The number of unbranched alkanes of at least 4 members (excludes halogenated alkanes) is 5. The average molecular weight is 183 g/mol. The normalized spacial score (nSPS) is 8.75. The predicted octanol–water partition coefficient (Wildman–Crippen LogP) is 0.161. The van der Waals surface area contributed by atoms with Gasteiger partial charge in [-0.1, -0.05) is 32.6 Å².